The maximum atomic E-state index is 12.7. The van der Waals surface area contributed by atoms with Crippen molar-refractivity contribution in [1.82, 2.24) is 10.2 Å². The Morgan fingerprint density at radius 2 is 2.04 bits per heavy atom. The second kappa shape index (κ2) is 7.66. The number of benzene rings is 1. The Morgan fingerprint density at radius 3 is 2.79 bits per heavy atom. The molecule has 4 nitrogen and oxygen atoms in total. The maximum absolute atomic E-state index is 12.7. The van der Waals surface area contributed by atoms with Gasteiger partial charge in [0.05, 0.1) is 12.1 Å². The van der Waals surface area contributed by atoms with Crippen molar-refractivity contribution >= 4 is 5.91 Å². The average molecular weight is 330 g/mol. The van der Waals surface area contributed by atoms with Crippen LogP contribution in [0, 0.1) is 5.41 Å². The van der Waals surface area contributed by atoms with Gasteiger partial charge < -0.3 is 10.4 Å². The average Bonchev–Trinajstić information content (AvgIpc) is 3.05. The van der Waals surface area contributed by atoms with Crippen LogP contribution < -0.4 is 5.32 Å². The number of likely N-dealkylation sites (tertiary alicyclic amines) is 1. The molecule has 2 N–H and O–H groups in total. The Kier molecular flexibility index (Phi) is 5.57. The number of carbonyl (C=O) groups excluding carboxylic acids is 1. The molecule has 132 valence electrons. The number of rotatable bonds is 5. The fourth-order valence-corrected chi connectivity index (χ4v) is 4.12. The minimum absolute atomic E-state index is 0.0328. The van der Waals surface area contributed by atoms with Crippen LogP contribution in [0.4, 0.5) is 0 Å². The lowest BCUT2D eigenvalue weighted by Crippen LogP contribution is -2.49. The van der Waals surface area contributed by atoms with Gasteiger partial charge in [0.1, 0.15) is 0 Å². The number of nitrogens with zero attached hydrogens (tertiary/aromatic N) is 1. The lowest BCUT2D eigenvalue weighted by atomic mass is 9.73. The number of nitrogens with one attached hydrogen (secondary N) is 1. The summed E-state index contributed by atoms with van der Waals surface area (Å²) in [6, 6.07) is 10.3. The van der Waals surface area contributed by atoms with Gasteiger partial charge in [-0.3, -0.25) is 9.69 Å². The van der Waals surface area contributed by atoms with Crippen molar-refractivity contribution in [3.8, 4) is 0 Å². The van der Waals surface area contributed by atoms with E-state index in [0.29, 0.717) is 6.54 Å². The summed E-state index contributed by atoms with van der Waals surface area (Å²) in [7, 11) is 0. The smallest absolute Gasteiger partial charge is 0.237 e. The van der Waals surface area contributed by atoms with E-state index in [0.717, 1.165) is 51.6 Å². The van der Waals surface area contributed by atoms with Crippen LogP contribution in [0.3, 0.4) is 0 Å². The van der Waals surface area contributed by atoms with Gasteiger partial charge in [0.2, 0.25) is 5.91 Å². The van der Waals surface area contributed by atoms with E-state index in [1.807, 2.05) is 18.2 Å². The molecule has 24 heavy (non-hydrogen) atoms. The molecule has 1 aromatic rings. The van der Waals surface area contributed by atoms with Crippen molar-refractivity contribution in [2.75, 3.05) is 13.1 Å². The van der Waals surface area contributed by atoms with Crippen molar-refractivity contribution in [2.24, 2.45) is 5.41 Å². The first-order valence-corrected chi connectivity index (χ1v) is 9.32. The molecule has 2 aliphatic rings. The predicted octanol–water partition coefficient (Wildman–Crippen LogP) is 2.71. The van der Waals surface area contributed by atoms with Crippen molar-refractivity contribution < 1.29 is 9.90 Å². The summed E-state index contributed by atoms with van der Waals surface area (Å²) >= 11 is 0. The Morgan fingerprint density at radius 1 is 1.25 bits per heavy atom. The van der Waals surface area contributed by atoms with Crippen molar-refractivity contribution in [2.45, 2.75) is 64.1 Å². The van der Waals surface area contributed by atoms with Crippen LogP contribution in [-0.2, 0) is 11.3 Å². The van der Waals surface area contributed by atoms with E-state index in [2.05, 4.69) is 29.3 Å². The minimum atomic E-state index is -0.296. The van der Waals surface area contributed by atoms with Crippen molar-refractivity contribution in [3.05, 3.63) is 35.9 Å². The lowest BCUT2D eigenvalue weighted by Gasteiger charge is -2.39. The molecular formula is C20H30N2O2. The van der Waals surface area contributed by atoms with Crippen molar-refractivity contribution in [1.29, 1.82) is 0 Å². The van der Waals surface area contributed by atoms with E-state index in [4.69, 9.17) is 0 Å². The second-order valence-electron chi connectivity index (χ2n) is 7.75. The third-order valence-electron chi connectivity index (χ3n) is 5.84. The summed E-state index contributed by atoms with van der Waals surface area (Å²) in [5, 5.41) is 13.4. The van der Waals surface area contributed by atoms with Crippen LogP contribution in [0.2, 0.25) is 0 Å². The van der Waals surface area contributed by atoms with Crippen LogP contribution in [0.1, 0.15) is 51.0 Å². The fraction of sp³-hybridized carbons (Fsp3) is 0.650. The summed E-state index contributed by atoms with van der Waals surface area (Å²) in [5.74, 6) is 0.127. The third kappa shape index (κ3) is 3.98. The van der Waals surface area contributed by atoms with E-state index in [-0.39, 0.29) is 23.5 Å². The maximum Gasteiger partial charge on any atom is 0.237 e. The van der Waals surface area contributed by atoms with Gasteiger partial charge in [0.25, 0.3) is 0 Å². The Balaban J connectivity index is 1.55. The van der Waals surface area contributed by atoms with E-state index < -0.39 is 0 Å². The van der Waals surface area contributed by atoms with Gasteiger partial charge in [-0.05, 0) is 37.8 Å². The summed E-state index contributed by atoms with van der Waals surface area (Å²) in [6.07, 6.45) is 5.80. The molecule has 0 spiro atoms. The first kappa shape index (κ1) is 17.4. The van der Waals surface area contributed by atoms with E-state index in [1.165, 1.54) is 5.56 Å². The molecule has 1 saturated heterocycles. The molecular weight excluding hydrogens is 300 g/mol. The summed E-state index contributed by atoms with van der Waals surface area (Å²) in [5.41, 5.74) is 1.09. The zero-order valence-corrected chi connectivity index (χ0v) is 14.7. The largest absolute Gasteiger partial charge is 0.392 e. The van der Waals surface area contributed by atoms with Crippen LogP contribution in [0.15, 0.2) is 30.3 Å². The quantitative estimate of drug-likeness (QED) is 0.873. The zero-order chi connectivity index (χ0) is 17.0. The topological polar surface area (TPSA) is 52.6 Å². The van der Waals surface area contributed by atoms with Gasteiger partial charge in [0, 0.05) is 18.5 Å². The molecule has 4 heteroatoms. The number of hydrogen-bond donors (Lipinski definition) is 2. The normalized spacial score (nSPS) is 31.1. The predicted molar refractivity (Wildman–Crippen MR) is 95.5 cm³/mol. The summed E-state index contributed by atoms with van der Waals surface area (Å²) in [6.45, 7) is 4.50. The van der Waals surface area contributed by atoms with Crippen LogP contribution >= 0.6 is 0 Å². The lowest BCUT2D eigenvalue weighted by molar-refractivity contribution is -0.126. The Labute approximate surface area is 145 Å². The standard InChI is InChI=1S/C20H30N2O2/c1-20(12-6-5-11-18(20)23)15-21-19(24)17-10-7-13-22(17)14-16-8-3-2-4-9-16/h2-4,8-9,17-18,23H,5-7,10-15H2,1H3,(H,21,24). The molecule has 0 aromatic heterocycles. The molecule has 1 aliphatic heterocycles. The van der Waals surface area contributed by atoms with Gasteiger partial charge in [-0.25, -0.2) is 0 Å². The number of hydrogen-bond acceptors (Lipinski definition) is 3. The van der Waals surface area contributed by atoms with Gasteiger partial charge >= 0.3 is 0 Å². The first-order valence-electron chi connectivity index (χ1n) is 9.32. The minimum Gasteiger partial charge on any atom is -0.392 e. The van der Waals surface area contributed by atoms with Gasteiger partial charge in [0.15, 0.2) is 0 Å². The molecule has 1 aromatic carbocycles. The molecule has 1 saturated carbocycles. The Hall–Kier alpha value is -1.39. The number of aliphatic hydroxyl groups excluding tert-OH is 1. The highest BCUT2D eigenvalue weighted by Crippen LogP contribution is 2.35. The highest BCUT2D eigenvalue weighted by molar-refractivity contribution is 5.82. The van der Waals surface area contributed by atoms with Crippen LogP contribution in [-0.4, -0.2) is 41.1 Å². The van der Waals surface area contributed by atoms with Crippen LogP contribution in [0.25, 0.3) is 0 Å². The Bertz CT molecular complexity index is 548. The van der Waals surface area contributed by atoms with Crippen LogP contribution in [0.5, 0.6) is 0 Å². The van der Waals surface area contributed by atoms with Gasteiger partial charge in [-0.1, -0.05) is 50.1 Å². The van der Waals surface area contributed by atoms with E-state index >= 15 is 0 Å². The highest BCUT2D eigenvalue weighted by Gasteiger charge is 2.37. The fourth-order valence-electron chi connectivity index (χ4n) is 4.12. The number of amides is 1. The molecule has 0 radical (unpaired) electrons. The van der Waals surface area contributed by atoms with Gasteiger partial charge in [-0.2, -0.15) is 0 Å². The summed E-state index contributed by atoms with van der Waals surface area (Å²) in [4.78, 5) is 15.0. The first-order chi connectivity index (χ1) is 11.6. The molecule has 0 bridgehead atoms. The molecule has 1 aliphatic carbocycles. The molecule has 1 heterocycles. The number of carbonyl (C=O) groups is 1. The zero-order valence-electron chi connectivity index (χ0n) is 14.7. The monoisotopic (exact) mass is 330 g/mol. The second-order valence-corrected chi connectivity index (χ2v) is 7.75. The number of aliphatic hydroxyl groups is 1. The third-order valence-corrected chi connectivity index (χ3v) is 5.84. The SMILES string of the molecule is CC1(CNC(=O)C2CCCN2Cc2ccccc2)CCCCC1O. The molecule has 3 rings (SSSR count). The van der Waals surface area contributed by atoms with E-state index in [9.17, 15) is 9.90 Å². The molecule has 1 amide bonds. The highest BCUT2D eigenvalue weighted by atomic mass is 16.3. The molecule has 3 unspecified atom stereocenters. The van der Waals surface area contributed by atoms with Crippen molar-refractivity contribution in [3.63, 3.8) is 0 Å². The molecule has 2 fully saturated rings. The summed E-state index contributed by atoms with van der Waals surface area (Å²) < 4.78 is 0. The van der Waals surface area contributed by atoms with Gasteiger partial charge in [-0.15, -0.1) is 0 Å². The van der Waals surface area contributed by atoms with E-state index in [1.54, 1.807) is 0 Å². The molecule has 3 atom stereocenters.